The van der Waals surface area contributed by atoms with E-state index in [0.29, 0.717) is 0 Å². The van der Waals surface area contributed by atoms with E-state index in [1.54, 1.807) is 6.20 Å². The molecule has 0 amide bonds. The molecule has 2 rings (SSSR count). The van der Waals surface area contributed by atoms with Crippen LogP contribution in [0.15, 0.2) is 12.3 Å². The molecule has 1 aliphatic rings. The molecule has 1 fully saturated rings. The van der Waals surface area contributed by atoms with Crippen molar-refractivity contribution in [2.75, 3.05) is 13.1 Å². The highest BCUT2D eigenvalue weighted by Gasteiger charge is 2.36. The normalized spacial score (nSPS) is 25.3. The molecular weight excluding hydrogens is 202 g/mol. The minimum absolute atomic E-state index is 0.281. The summed E-state index contributed by atoms with van der Waals surface area (Å²) in [5.74, 6) is 0.281. The van der Waals surface area contributed by atoms with Gasteiger partial charge >= 0.3 is 0 Å². The number of hydrogen-bond acceptors (Lipinski definition) is 3. The van der Waals surface area contributed by atoms with Crippen LogP contribution in [0, 0.1) is 5.92 Å². The van der Waals surface area contributed by atoms with Gasteiger partial charge in [0.15, 0.2) is 0 Å². The summed E-state index contributed by atoms with van der Waals surface area (Å²) in [5.41, 5.74) is 0.156. The molecule has 0 bridgehead atoms. The third-order valence-electron chi connectivity index (χ3n) is 3.63. The van der Waals surface area contributed by atoms with Crippen molar-refractivity contribution >= 4 is 0 Å². The van der Waals surface area contributed by atoms with E-state index in [2.05, 4.69) is 10.4 Å². The summed E-state index contributed by atoms with van der Waals surface area (Å²) in [7, 11) is 0. The lowest BCUT2D eigenvalue weighted by atomic mass is 9.81. The Bertz CT molecular complexity index is 340. The first-order valence-corrected chi connectivity index (χ1v) is 6.11. The second kappa shape index (κ2) is 4.55. The van der Waals surface area contributed by atoms with Gasteiger partial charge in [0.2, 0.25) is 0 Å². The molecule has 2 N–H and O–H groups in total. The van der Waals surface area contributed by atoms with E-state index in [1.807, 2.05) is 24.6 Å². The van der Waals surface area contributed by atoms with Gasteiger partial charge in [-0.2, -0.15) is 5.10 Å². The molecule has 2 heterocycles. The van der Waals surface area contributed by atoms with Crippen molar-refractivity contribution in [3.63, 3.8) is 0 Å². The Labute approximate surface area is 96.7 Å². The number of nitrogens with zero attached hydrogens (tertiary/aromatic N) is 2. The molecule has 16 heavy (non-hydrogen) atoms. The van der Waals surface area contributed by atoms with E-state index in [4.69, 9.17) is 0 Å². The number of rotatable bonds is 3. The SMILES string of the molecule is CCn1nccc1C(C)(O)C1CCCNC1. The fraction of sp³-hybridized carbons (Fsp3) is 0.750. The highest BCUT2D eigenvalue weighted by Crippen LogP contribution is 2.33. The van der Waals surface area contributed by atoms with Crippen LogP contribution in [-0.4, -0.2) is 28.0 Å². The van der Waals surface area contributed by atoms with E-state index < -0.39 is 5.60 Å². The van der Waals surface area contributed by atoms with Crippen molar-refractivity contribution < 1.29 is 5.11 Å². The fourth-order valence-corrected chi connectivity index (χ4v) is 2.56. The maximum atomic E-state index is 10.7. The van der Waals surface area contributed by atoms with Crippen LogP contribution in [-0.2, 0) is 12.1 Å². The van der Waals surface area contributed by atoms with Gasteiger partial charge in [-0.15, -0.1) is 0 Å². The third-order valence-corrected chi connectivity index (χ3v) is 3.63. The molecule has 4 nitrogen and oxygen atoms in total. The van der Waals surface area contributed by atoms with Crippen LogP contribution in [0.25, 0.3) is 0 Å². The summed E-state index contributed by atoms with van der Waals surface area (Å²) < 4.78 is 1.88. The number of aromatic nitrogens is 2. The molecule has 0 spiro atoms. The Balaban J connectivity index is 2.22. The minimum Gasteiger partial charge on any atom is -0.384 e. The fourth-order valence-electron chi connectivity index (χ4n) is 2.56. The van der Waals surface area contributed by atoms with Gasteiger partial charge in [0.1, 0.15) is 5.60 Å². The summed E-state index contributed by atoms with van der Waals surface area (Å²) in [6.45, 7) is 6.72. The molecule has 2 unspecified atom stereocenters. The molecule has 1 saturated heterocycles. The van der Waals surface area contributed by atoms with E-state index in [9.17, 15) is 5.11 Å². The number of aliphatic hydroxyl groups is 1. The average molecular weight is 223 g/mol. The van der Waals surface area contributed by atoms with Crippen molar-refractivity contribution in [3.8, 4) is 0 Å². The van der Waals surface area contributed by atoms with Crippen LogP contribution >= 0.6 is 0 Å². The van der Waals surface area contributed by atoms with E-state index >= 15 is 0 Å². The second-order valence-electron chi connectivity index (χ2n) is 4.72. The average Bonchev–Trinajstić information content (AvgIpc) is 2.79. The number of nitrogens with one attached hydrogen (secondary N) is 1. The van der Waals surface area contributed by atoms with Crippen molar-refractivity contribution in [3.05, 3.63) is 18.0 Å². The molecule has 1 aliphatic heterocycles. The van der Waals surface area contributed by atoms with E-state index in [1.165, 1.54) is 0 Å². The summed E-state index contributed by atoms with van der Waals surface area (Å²) in [6, 6.07) is 1.93. The molecule has 90 valence electrons. The van der Waals surface area contributed by atoms with Gasteiger partial charge < -0.3 is 10.4 Å². The van der Waals surface area contributed by atoms with Gasteiger partial charge in [-0.3, -0.25) is 4.68 Å². The minimum atomic E-state index is -0.778. The topological polar surface area (TPSA) is 50.1 Å². The summed E-state index contributed by atoms with van der Waals surface area (Å²) in [5, 5.41) is 18.3. The summed E-state index contributed by atoms with van der Waals surface area (Å²) in [6.07, 6.45) is 3.99. The Kier molecular flexibility index (Phi) is 3.30. The molecule has 4 heteroatoms. The lowest BCUT2D eigenvalue weighted by molar-refractivity contribution is -0.0231. The standard InChI is InChI=1S/C12H21N3O/c1-3-15-11(6-8-14-15)12(2,16)10-5-4-7-13-9-10/h6,8,10,13,16H,3-5,7,9H2,1-2H3. The van der Waals surface area contributed by atoms with Gasteiger partial charge in [0.25, 0.3) is 0 Å². The second-order valence-corrected chi connectivity index (χ2v) is 4.72. The maximum absolute atomic E-state index is 10.7. The predicted molar refractivity (Wildman–Crippen MR) is 63.1 cm³/mol. The number of piperidine rings is 1. The van der Waals surface area contributed by atoms with Crippen molar-refractivity contribution in [2.24, 2.45) is 5.92 Å². The van der Waals surface area contributed by atoms with Gasteiger partial charge in [-0.25, -0.2) is 0 Å². The number of hydrogen-bond donors (Lipinski definition) is 2. The highest BCUT2D eigenvalue weighted by molar-refractivity contribution is 5.13. The maximum Gasteiger partial charge on any atom is 0.107 e. The van der Waals surface area contributed by atoms with Crippen LogP contribution in [0.4, 0.5) is 0 Å². The van der Waals surface area contributed by atoms with Gasteiger partial charge in [0, 0.05) is 25.2 Å². The van der Waals surface area contributed by atoms with Gasteiger partial charge in [-0.1, -0.05) is 0 Å². The molecule has 1 aromatic heterocycles. The molecule has 0 aliphatic carbocycles. The van der Waals surface area contributed by atoms with Crippen LogP contribution in [0.2, 0.25) is 0 Å². The quantitative estimate of drug-likeness (QED) is 0.807. The van der Waals surface area contributed by atoms with E-state index in [0.717, 1.165) is 38.2 Å². The first-order valence-electron chi connectivity index (χ1n) is 6.11. The van der Waals surface area contributed by atoms with Crippen LogP contribution in [0.5, 0.6) is 0 Å². The zero-order chi connectivity index (χ0) is 11.6. The Morgan fingerprint density at radius 1 is 1.69 bits per heavy atom. The van der Waals surface area contributed by atoms with Crippen LogP contribution < -0.4 is 5.32 Å². The first-order chi connectivity index (χ1) is 7.66. The number of aryl methyl sites for hydroxylation is 1. The molecule has 2 atom stereocenters. The summed E-state index contributed by atoms with van der Waals surface area (Å²) >= 11 is 0. The molecule has 0 saturated carbocycles. The Morgan fingerprint density at radius 2 is 2.50 bits per heavy atom. The highest BCUT2D eigenvalue weighted by atomic mass is 16.3. The summed E-state index contributed by atoms with van der Waals surface area (Å²) in [4.78, 5) is 0. The zero-order valence-electron chi connectivity index (χ0n) is 10.1. The zero-order valence-corrected chi connectivity index (χ0v) is 10.1. The predicted octanol–water partition coefficient (Wildman–Crippen LogP) is 1.11. The molecule has 0 aromatic carbocycles. The van der Waals surface area contributed by atoms with Crippen molar-refractivity contribution in [1.29, 1.82) is 0 Å². The van der Waals surface area contributed by atoms with E-state index in [-0.39, 0.29) is 5.92 Å². The molecular formula is C12H21N3O. The smallest absolute Gasteiger partial charge is 0.107 e. The van der Waals surface area contributed by atoms with Crippen LogP contribution in [0.3, 0.4) is 0 Å². The lowest BCUT2D eigenvalue weighted by Gasteiger charge is -2.36. The Hall–Kier alpha value is -0.870. The Morgan fingerprint density at radius 3 is 3.12 bits per heavy atom. The monoisotopic (exact) mass is 223 g/mol. The molecule has 1 aromatic rings. The van der Waals surface area contributed by atoms with Gasteiger partial charge in [0.05, 0.1) is 5.69 Å². The van der Waals surface area contributed by atoms with Crippen LogP contribution in [0.1, 0.15) is 32.4 Å². The third kappa shape index (κ3) is 1.99. The first kappa shape index (κ1) is 11.6. The van der Waals surface area contributed by atoms with Crippen molar-refractivity contribution in [1.82, 2.24) is 15.1 Å². The van der Waals surface area contributed by atoms with Crippen molar-refractivity contribution in [2.45, 2.75) is 38.8 Å². The lowest BCUT2D eigenvalue weighted by Crippen LogP contribution is -2.43. The van der Waals surface area contributed by atoms with Gasteiger partial charge in [-0.05, 0) is 39.3 Å². The largest absolute Gasteiger partial charge is 0.384 e. The molecule has 0 radical (unpaired) electrons.